The van der Waals surface area contributed by atoms with E-state index < -0.39 is 12.0 Å². The van der Waals surface area contributed by atoms with Crippen molar-refractivity contribution in [1.82, 2.24) is 20.3 Å². The highest BCUT2D eigenvalue weighted by atomic mass is 16.5. The molecule has 1 amide bonds. The quantitative estimate of drug-likeness (QED) is 0.544. The van der Waals surface area contributed by atoms with Crippen LogP contribution in [0.25, 0.3) is 0 Å². The molecule has 1 aliphatic carbocycles. The van der Waals surface area contributed by atoms with E-state index in [1.807, 2.05) is 0 Å². The Morgan fingerprint density at radius 3 is 2.78 bits per heavy atom. The van der Waals surface area contributed by atoms with Gasteiger partial charge in [0.2, 0.25) is 5.91 Å². The third-order valence-electron chi connectivity index (χ3n) is 6.30. The minimum absolute atomic E-state index is 0.0892. The third-order valence-corrected chi connectivity index (χ3v) is 6.30. The number of hydrogen-bond acceptors (Lipinski definition) is 7. The van der Waals surface area contributed by atoms with Crippen LogP contribution in [0.15, 0.2) is 24.5 Å². The highest BCUT2D eigenvalue weighted by Crippen LogP contribution is 2.37. The topological polar surface area (TPSA) is 126 Å². The number of hydrogen-bond donors (Lipinski definition) is 3. The van der Waals surface area contributed by atoms with E-state index in [0.717, 1.165) is 56.6 Å². The number of amides is 1. The Morgan fingerprint density at radius 1 is 1.28 bits per heavy atom. The lowest BCUT2D eigenvalue weighted by Crippen LogP contribution is -2.41. The first-order chi connectivity index (χ1) is 15.5. The van der Waals surface area contributed by atoms with Gasteiger partial charge in [-0.05, 0) is 56.1 Å². The summed E-state index contributed by atoms with van der Waals surface area (Å²) >= 11 is 0. The number of pyridine rings is 1. The number of fused-ring (bicyclic) bond motifs is 1. The minimum atomic E-state index is -0.996. The van der Waals surface area contributed by atoms with Crippen molar-refractivity contribution >= 4 is 17.7 Å². The van der Waals surface area contributed by atoms with Crippen LogP contribution in [0.2, 0.25) is 0 Å². The molecular formula is C23H29N5O4. The molecule has 0 saturated heterocycles. The van der Waals surface area contributed by atoms with Crippen LogP contribution in [0.3, 0.4) is 0 Å². The molecule has 4 rings (SSSR count). The summed E-state index contributed by atoms with van der Waals surface area (Å²) in [4.78, 5) is 36.8. The number of rotatable bonds is 9. The van der Waals surface area contributed by atoms with Crippen LogP contribution in [0.4, 0.5) is 5.82 Å². The van der Waals surface area contributed by atoms with Gasteiger partial charge in [0.05, 0.1) is 19.6 Å². The van der Waals surface area contributed by atoms with Crippen LogP contribution >= 0.6 is 0 Å². The van der Waals surface area contributed by atoms with Gasteiger partial charge in [-0.1, -0.05) is 6.07 Å². The molecule has 0 radical (unpaired) electrons. The summed E-state index contributed by atoms with van der Waals surface area (Å²) in [6.07, 6.45) is 8.52. The fraction of sp³-hybridized carbons (Fsp3) is 0.522. The van der Waals surface area contributed by atoms with Crippen LogP contribution in [0.1, 0.15) is 55.0 Å². The van der Waals surface area contributed by atoms with Crippen molar-refractivity contribution in [3.63, 3.8) is 0 Å². The van der Waals surface area contributed by atoms with Crippen molar-refractivity contribution in [2.24, 2.45) is 11.8 Å². The number of carbonyl (C=O) groups excluding carboxylic acids is 1. The Morgan fingerprint density at radius 2 is 2.06 bits per heavy atom. The van der Waals surface area contributed by atoms with Crippen LogP contribution in [0, 0.1) is 11.8 Å². The van der Waals surface area contributed by atoms with Crippen molar-refractivity contribution in [1.29, 1.82) is 0 Å². The zero-order valence-electron chi connectivity index (χ0n) is 18.2. The molecule has 3 N–H and O–H groups in total. The van der Waals surface area contributed by atoms with Gasteiger partial charge in [0.1, 0.15) is 5.82 Å². The molecule has 1 atom stereocenters. The third kappa shape index (κ3) is 5.33. The van der Waals surface area contributed by atoms with Gasteiger partial charge in [-0.25, -0.2) is 15.0 Å². The van der Waals surface area contributed by atoms with E-state index in [1.165, 1.54) is 25.1 Å². The highest BCUT2D eigenvalue weighted by Gasteiger charge is 2.35. The van der Waals surface area contributed by atoms with Gasteiger partial charge >= 0.3 is 12.0 Å². The van der Waals surface area contributed by atoms with Gasteiger partial charge in [0, 0.05) is 36.1 Å². The number of aromatic nitrogens is 3. The Labute approximate surface area is 187 Å². The second kappa shape index (κ2) is 9.93. The first kappa shape index (κ1) is 22.0. The molecule has 170 valence electrons. The van der Waals surface area contributed by atoms with Crippen LogP contribution in [0.5, 0.6) is 6.01 Å². The molecule has 2 aromatic rings. The van der Waals surface area contributed by atoms with E-state index in [0.29, 0.717) is 11.5 Å². The van der Waals surface area contributed by atoms with Gasteiger partial charge in [-0.3, -0.25) is 9.59 Å². The number of carboxylic acid groups (broad SMARTS) is 1. The van der Waals surface area contributed by atoms with Gasteiger partial charge in [0.15, 0.2) is 0 Å². The molecule has 9 heteroatoms. The van der Waals surface area contributed by atoms with E-state index in [-0.39, 0.29) is 24.3 Å². The molecule has 1 aliphatic heterocycles. The number of methoxy groups -OCH3 is 1. The molecule has 0 unspecified atom stereocenters. The first-order valence-electron chi connectivity index (χ1n) is 11.1. The van der Waals surface area contributed by atoms with Crippen molar-refractivity contribution in [3.8, 4) is 6.01 Å². The predicted molar refractivity (Wildman–Crippen MR) is 117 cm³/mol. The molecule has 2 aliphatic rings. The maximum absolute atomic E-state index is 12.7. The lowest BCUT2D eigenvalue weighted by Gasteiger charge is -2.35. The molecule has 0 aromatic carbocycles. The standard InChI is InChI=1S/C23H29N5O4/c1-32-23-25-12-17(13-26-23)19(11-20(29)30)28-22(31)16-9-14(10-16)4-6-18-7-5-15-3-2-8-24-21(15)27-18/h5,7,12-14,16,19H,2-4,6,8-11H2,1H3,(H,24,27)(H,28,31)(H,29,30)/t14-,16+,19-/m0/s1. The van der Waals surface area contributed by atoms with Crippen molar-refractivity contribution < 1.29 is 19.4 Å². The smallest absolute Gasteiger partial charge is 0.316 e. The lowest BCUT2D eigenvalue weighted by molar-refractivity contribution is -0.138. The van der Waals surface area contributed by atoms with Crippen LogP contribution in [-0.2, 0) is 22.4 Å². The molecule has 0 bridgehead atoms. The number of aliphatic carboxylic acids is 1. The van der Waals surface area contributed by atoms with E-state index in [2.05, 4.69) is 32.7 Å². The molecule has 1 fully saturated rings. The maximum atomic E-state index is 12.7. The van der Waals surface area contributed by atoms with Gasteiger partial charge in [-0.2, -0.15) is 0 Å². The molecular weight excluding hydrogens is 410 g/mol. The van der Waals surface area contributed by atoms with E-state index in [9.17, 15) is 14.7 Å². The van der Waals surface area contributed by atoms with Crippen molar-refractivity contribution in [2.45, 2.75) is 51.0 Å². The Balaban J connectivity index is 1.26. The van der Waals surface area contributed by atoms with Crippen molar-refractivity contribution in [3.05, 3.63) is 41.3 Å². The highest BCUT2D eigenvalue weighted by molar-refractivity contribution is 5.80. The molecule has 32 heavy (non-hydrogen) atoms. The summed E-state index contributed by atoms with van der Waals surface area (Å²) in [5.41, 5.74) is 2.93. The van der Waals surface area contributed by atoms with Crippen LogP contribution < -0.4 is 15.4 Å². The number of carboxylic acids is 1. The Hall–Kier alpha value is -3.23. The summed E-state index contributed by atoms with van der Waals surface area (Å²) in [6, 6.07) is 3.81. The second-order valence-electron chi connectivity index (χ2n) is 8.58. The fourth-order valence-electron chi connectivity index (χ4n) is 4.37. The summed E-state index contributed by atoms with van der Waals surface area (Å²) in [5, 5.41) is 15.5. The Bertz CT molecular complexity index is 959. The zero-order valence-corrected chi connectivity index (χ0v) is 18.2. The first-order valence-corrected chi connectivity index (χ1v) is 11.1. The van der Waals surface area contributed by atoms with Gasteiger partial charge in [-0.15, -0.1) is 0 Å². The lowest BCUT2D eigenvalue weighted by atomic mass is 9.72. The molecule has 1 saturated carbocycles. The average Bonchev–Trinajstić information content (AvgIpc) is 2.77. The summed E-state index contributed by atoms with van der Waals surface area (Å²) in [5.74, 6) is 0.308. The number of nitrogens with zero attached hydrogens (tertiary/aromatic N) is 3. The normalized spacial score (nSPS) is 20.3. The fourth-order valence-corrected chi connectivity index (χ4v) is 4.37. The molecule has 2 aromatic heterocycles. The predicted octanol–water partition coefficient (Wildman–Crippen LogP) is 2.53. The number of aryl methyl sites for hydroxylation is 2. The van der Waals surface area contributed by atoms with Crippen molar-refractivity contribution in [2.75, 3.05) is 19.0 Å². The summed E-state index contributed by atoms with van der Waals surface area (Å²) < 4.78 is 4.94. The van der Waals surface area contributed by atoms with E-state index in [4.69, 9.17) is 9.72 Å². The Kier molecular flexibility index (Phi) is 6.82. The number of ether oxygens (including phenoxy) is 1. The number of anilines is 1. The maximum Gasteiger partial charge on any atom is 0.316 e. The minimum Gasteiger partial charge on any atom is -0.481 e. The molecule has 0 spiro atoms. The summed E-state index contributed by atoms with van der Waals surface area (Å²) in [7, 11) is 1.46. The largest absolute Gasteiger partial charge is 0.481 e. The SMILES string of the molecule is COc1ncc([C@H](CC(=O)O)NC(=O)[C@H]2C[C@@H](CCc3ccc4c(n3)NCCC4)C2)cn1. The zero-order chi connectivity index (χ0) is 22.5. The van der Waals surface area contributed by atoms with E-state index in [1.54, 1.807) is 0 Å². The van der Waals surface area contributed by atoms with E-state index >= 15 is 0 Å². The monoisotopic (exact) mass is 439 g/mol. The summed E-state index contributed by atoms with van der Waals surface area (Å²) in [6.45, 7) is 0.981. The van der Waals surface area contributed by atoms with Crippen LogP contribution in [-0.4, -0.2) is 45.6 Å². The molecule has 3 heterocycles. The second-order valence-corrected chi connectivity index (χ2v) is 8.58. The average molecular weight is 440 g/mol. The number of nitrogens with one attached hydrogen (secondary N) is 2. The van der Waals surface area contributed by atoms with Gasteiger partial charge in [0.25, 0.3) is 0 Å². The molecule has 9 nitrogen and oxygen atoms in total. The van der Waals surface area contributed by atoms with Gasteiger partial charge < -0.3 is 20.5 Å². The number of carbonyl (C=O) groups is 2.